The summed E-state index contributed by atoms with van der Waals surface area (Å²) in [4.78, 5) is 22.9. The summed E-state index contributed by atoms with van der Waals surface area (Å²) >= 11 is 1.96. The average molecular weight is 482 g/mol. The first kappa shape index (κ1) is 20.3. The number of nitrogens with zero attached hydrogens (tertiary/aromatic N) is 1. The van der Waals surface area contributed by atoms with Crippen molar-refractivity contribution in [3.63, 3.8) is 0 Å². The van der Waals surface area contributed by atoms with E-state index in [9.17, 15) is 14.9 Å². The zero-order chi connectivity index (χ0) is 19.8. The largest absolute Gasteiger partial charge is 0.493 e. The van der Waals surface area contributed by atoms with Crippen LogP contribution in [0.3, 0.4) is 0 Å². The number of carboxylic acid groups (broad SMARTS) is 1. The fraction of sp³-hybridized carbons (Fsp3) is 0.167. The van der Waals surface area contributed by atoms with Gasteiger partial charge in [0, 0.05) is 0 Å². The zero-order valence-electron chi connectivity index (χ0n) is 14.2. The van der Waals surface area contributed by atoms with Crippen molar-refractivity contribution in [2.45, 2.75) is 6.54 Å². The van der Waals surface area contributed by atoms with Gasteiger partial charge in [-0.15, -0.1) is 0 Å². The molecule has 2 aromatic rings. The summed E-state index contributed by atoms with van der Waals surface area (Å²) in [5, 5.41) is 20.6. The number of halogens is 1. The number of hydrogen-bond donors (Lipinski definition) is 2. The van der Waals surface area contributed by atoms with Crippen LogP contribution in [0.25, 0.3) is 6.08 Å². The monoisotopic (exact) mass is 482 g/mol. The van der Waals surface area contributed by atoms with Crippen LogP contribution in [0.2, 0.25) is 0 Å². The lowest BCUT2D eigenvalue weighted by molar-refractivity contribution is -0.139. The van der Waals surface area contributed by atoms with Crippen molar-refractivity contribution in [3.8, 4) is 17.6 Å². The molecule has 8 nitrogen and oxygen atoms in total. The van der Waals surface area contributed by atoms with Crippen molar-refractivity contribution in [2.75, 3.05) is 13.7 Å². The van der Waals surface area contributed by atoms with E-state index in [-0.39, 0.29) is 17.9 Å². The molecule has 0 unspecified atom stereocenters. The number of carbonyl (C=O) groups is 2. The maximum Gasteiger partial charge on any atom is 0.341 e. The molecular formula is C18H15IN2O6. The topological polar surface area (TPSA) is 122 Å². The van der Waals surface area contributed by atoms with Gasteiger partial charge in [-0.1, -0.05) is 0 Å². The van der Waals surface area contributed by atoms with E-state index in [2.05, 4.69) is 5.32 Å². The minimum absolute atomic E-state index is 0.0985. The van der Waals surface area contributed by atoms with E-state index in [1.54, 1.807) is 24.3 Å². The number of benzene rings is 1. The quantitative estimate of drug-likeness (QED) is 0.337. The fourth-order valence-electron chi connectivity index (χ4n) is 2.09. The van der Waals surface area contributed by atoms with Crippen LogP contribution in [0.1, 0.15) is 11.3 Å². The van der Waals surface area contributed by atoms with E-state index in [1.807, 2.05) is 28.7 Å². The second kappa shape index (κ2) is 9.63. The van der Waals surface area contributed by atoms with E-state index >= 15 is 0 Å². The molecule has 0 spiro atoms. The van der Waals surface area contributed by atoms with Crippen LogP contribution in [0.15, 0.2) is 40.5 Å². The van der Waals surface area contributed by atoms with E-state index in [4.69, 9.17) is 19.0 Å². The minimum atomic E-state index is -1.11. The Labute approximate surface area is 168 Å². The molecule has 140 valence electrons. The van der Waals surface area contributed by atoms with Gasteiger partial charge in [-0.3, -0.25) is 4.79 Å². The van der Waals surface area contributed by atoms with Crippen LogP contribution in [0.5, 0.6) is 11.5 Å². The van der Waals surface area contributed by atoms with Gasteiger partial charge in [0.25, 0.3) is 5.91 Å². The summed E-state index contributed by atoms with van der Waals surface area (Å²) in [6, 6.07) is 8.47. The summed E-state index contributed by atoms with van der Waals surface area (Å²) in [5.74, 6) is -0.524. The molecule has 1 amide bonds. The molecule has 0 radical (unpaired) electrons. The highest BCUT2D eigenvalue weighted by Gasteiger charge is 2.15. The van der Waals surface area contributed by atoms with Gasteiger partial charge in [-0.2, -0.15) is 5.26 Å². The van der Waals surface area contributed by atoms with Gasteiger partial charge < -0.3 is 24.3 Å². The molecule has 0 bridgehead atoms. The minimum Gasteiger partial charge on any atom is -0.493 e. The summed E-state index contributed by atoms with van der Waals surface area (Å²) in [7, 11) is 1.41. The lowest BCUT2D eigenvalue weighted by Crippen LogP contribution is -2.23. The predicted octanol–water partition coefficient (Wildman–Crippen LogP) is 2.58. The molecule has 9 heteroatoms. The number of hydrogen-bond acceptors (Lipinski definition) is 6. The van der Waals surface area contributed by atoms with Crippen LogP contribution in [0, 0.1) is 14.9 Å². The number of nitriles is 1. The molecule has 2 N–H and O–H groups in total. The molecule has 1 aromatic carbocycles. The third-order valence-electron chi connectivity index (χ3n) is 3.27. The van der Waals surface area contributed by atoms with Crippen LogP contribution >= 0.6 is 22.6 Å². The number of rotatable bonds is 8. The highest BCUT2D eigenvalue weighted by atomic mass is 127. The standard InChI is InChI=1S/C18H15IN2O6/c1-25-15-7-11(6-14(19)17(15)27-10-16(22)23)5-12(8-20)18(24)21-9-13-3-2-4-26-13/h2-7H,9-10H2,1H3,(H,21,24)(H,22,23)/b12-5+. The van der Waals surface area contributed by atoms with E-state index in [0.29, 0.717) is 20.6 Å². The molecule has 0 aliphatic carbocycles. The molecule has 0 aliphatic heterocycles. The summed E-state index contributed by atoms with van der Waals surface area (Å²) in [5.41, 5.74) is 0.433. The molecule has 0 atom stereocenters. The zero-order valence-corrected chi connectivity index (χ0v) is 16.3. The summed E-state index contributed by atoms with van der Waals surface area (Å²) in [6.07, 6.45) is 2.90. The number of methoxy groups -OCH3 is 1. The number of carboxylic acids is 1. The van der Waals surface area contributed by atoms with E-state index < -0.39 is 18.5 Å². The van der Waals surface area contributed by atoms with Crippen molar-refractivity contribution < 1.29 is 28.6 Å². The third-order valence-corrected chi connectivity index (χ3v) is 4.07. The maximum absolute atomic E-state index is 12.2. The molecule has 0 saturated carbocycles. The molecule has 0 aliphatic rings. The Morgan fingerprint density at radius 2 is 2.22 bits per heavy atom. The summed E-state index contributed by atoms with van der Waals surface area (Å²) < 4.78 is 16.2. The smallest absolute Gasteiger partial charge is 0.341 e. The maximum atomic E-state index is 12.2. The number of nitrogens with one attached hydrogen (secondary N) is 1. The van der Waals surface area contributed by atoms with E-state index in [0.717, 1.165) is 0 Å². The Hall–Kier alpha value is -3.00. The summed E-state index contributed by atoms with van der Waals surface area (Å²) in [6.45, 7) is -0.353. The molecule has 0 fully saturated rings. The Morgan fingerprint density at radius 1 is 1.44 bits per heavy atom. The first-order chi connectivity index (χ1) is 12.9. The van der Waals surface area contributed by atoms with Crippen molar-refractivity contribution >= 4 is 40.5 Å². The first-order valence-corrected chi connectivity index (χ1v) is 8.67. The molecular weight excluding hydrogens is 467 g/mol. The molecule has 1 aromatic heterocycles. The van der Waals surface area contributed by atoms with Crippen LogP contribution in [0.4, 0.5) is 0 Å². The van der Waals surface area contributed by atoms with Gasteiger partial charge in [0.1, 0.15) is 17.4 Å². The highest BCUT2D eigenvalue weighted by Crippen LogP contribution is 2.34. The third kappa shape index (κ3) is 5.75. The van der Waals surface area contributed by atoms with Crippen LogP contribution in [-0.4, -0.2) is 30.7 Å². The van der Waals surface area contributed by atoms with Crippen molar-refractivity contribution in [3.05, 3.63) is 51.0 Å². The number of furan rings is 1. The van der Waals surface area contributed by atoms with Crippen molar-refractivity contribution in [1.82, 2.24) is 5.32 Å². The van der Waals surface area contributed by atoms with Crippen LogP contribution in [-0.2, 0) is 16.1 Å². The molecule has 1 heterocycles. The Balaban J connectivity index is 2.21. The van der Waals surface area contributed by atoms with E-state index in [1.165, 1.54) is 19.4 Å². The van der Waals surface area contributed by atoms with Gasteiger partial charge in [0.05, 0.1) is 23.5 Å². The average Bonchev–Trinajstić information content (AvgIpc) is 3.16. The van der Waals surface area contributed by atoms with Gasteiger partial charge in [-0.25, -0.2) is 4.79 Å². The second-order valence-electron chi connectivity index (χ2n) is 5.15. The van der Waals surface area contributed by atoms with Gasteiger partial charge in [0.15, 0.2) is 18.1 Å². The fourth-order valence-corrected chi connectivity index (χ4v) is 2.87. The van der Waals surface area contributed by atoms with Gasteiger partial charge >= 0.3 is 5.97 Å². The molecule has 27 heavy (non-hydrogen) atoms. The number of amides is 1. The predicted molar refractivity (Wildman–Crippen MR) is 103 cm³/mol. The molecule has 2 rings (SSSR count). The molecule has 0 saturated heterocycles. The Kier molecular flexibility index (Phi) is 7.25. The Morgan fingerprint density at radius 3 is 2.81 bits per heavy atom. The van der Waals surface area contributed by atoms with Crippen molar-refractivity contribution in [2.24, 2.45) is 0 Å². The lowest BCUT2D eigenvalue weighted by atomic mass is 10.1. The second-order valence-corrected chi connectivity index (χ2v) is 6.31. The Bertz CT molecular complexity index is 899. The van der Waals surface area contributed by atoms with Gasteiger partial charge in [-0.05, 0) is 58.5 Å². The van der Waals surface area contributed by atoms with Crippen LogP contribution < -0.4 is 14.8 Å². The number of carbonyl (C=O) groups excluding carboxylic acids is 1. The normalized spacial score (nSPS) is 10.8. The lowest BCUT2D eigenvalue weighted by Gasteiger charge is -2.12. The SMILES string of the molecule is COc1cc(/C=C(\C#N)C(=O)NCc2ccco2)cc(I)c1OCC(=O)O. The van der Waals surface area contributed by atoms with Gasteiger partial charge in [0.2, 0.25) is 0 Å². The number of ether oxygens (including phenoxy) is 2. The highest BCUT2D eigenvalue weighted by molar-refractivity contribution is 14.1. The van der Waals surface area contributed by atoms with Crippen molar-refractivity contribution in [1.29, 1.82) is 5.26 Å². The first-order valence-electron chi connectivity index (χ1n) is 7.59. The number of aliphatic carboxylic acids is 1.